The Morgan fingerprint density at radius 1 is 0.913 bits per heavy atom. The highest BCUT2D eigenvalue weighted by atomic mass is 16.2. The maximum Gasteiger partial charge on any atom is 0.255 e. The number of hydrogen-bond acceptors (Lipinski definition) is 2. The Labute approximate surface area is 136 Å². The zero-order valence-electron chi connectivity index (χ0n) is 13.9. The molecule has 4 heteroatoms. The molecule has 4 nitrogen and oxygen atoms in total. The predicted octanol–water partition coefficient (Wildman–Crippen LogP) is 4.15. The number of benzene rings is 2. The molecule has 2 N–H and O–H groups in total. The molecule has 0 saturated heterocycles. The van der Waals surface area contributed by atoms with Gasteiger partial charge in [-0.15, -0.1) is 0 Å². The Morgan fingerprint density at radius 2 is 1.52 bits per heavy atom. The summed E-state index contributed by atoms with van der Waals surface area (Å²) in [5.74, 6) is -0.373. The van der Waals surface area contributed by atoms with Crippen molar-refractivity contribution in [2.75, 3.05) is 10.6 Å². The van der Waals surface area contributed by atoms with Crippen LogP contribution in [0.4, 0.5) is 11.4 Å². The van der Waals surface area contributed by atoms with E-state index >= 15 is 0 Å². The average molecular weight is 310 g/mol. The number of carbonyl (C=O) groups excluding carboxylic acids is 2. The van der Waals surface area contributed by atoms with Crippen LogP contribution in [-0.2, 0) is 4.79 Å². The van der Waals surface area contributed by atoms with E-state index in [0.29, 0.717) is 11.3 Å². The van der Waals surface area contributed by atoms with Gasteiger partial charge in [0.05, 0.1) is 0 Å². The molecular formula is C19H22N2O2. The third-order valence-electron chi connectivity index (χ3n) is 3.64. The molecule has 0 spiro atoms. The first kappa shape index (κ1) is 16.7. The van der Waals surface area contributed by atoms with Gasteiger partial charge >= 0.3 is 0 Å². The Balaban J connectivity index is 2.18. The fourth-order valence-corrected chi connectivity index (χ4v) is 2.22. The van der Waals surface area contributed by atoms with E-state index in [0.717, 1.165) is 16.8 Å². The fourth-order valence-electron chi connectivity index (χ4n) is 2.22. The number of carbonyl (C=O) groups is 2. The largest absolute Gasteiger partial charge is 0.326 e. The van der Waals surface area contributed by atoms with Crippen LogP contribution in [0.1, 0.15) is 35.3 Å². The van der Waals surface area contributed by atoms with E-state index in [1.54, 1.807) is 24.3 Å². The molecule has 0 atom stereocenters. The first-order valence-corrected chi connectivity index (χ1v) is 7.67. The molecule has 0 fully saturated rings. The molecule has 0 aromatic heterocycles. The van der Waals surface area contributed by atoms with Crippen molar-refractivity contribution in [3.63, 3.8) is 0 Å². The second kappa shape index (κ2) is 7.09. The average Bonchev–Trinajstić information content (AvgIpc) is 2.51. The zero-order chi connectivity index (χ0) is 17.0. The molecule has 2 aromatic rings. The lowest BCUT2D eigenvalue weighted by molar-refractivity contribution is -0.118. The predicted molar refractivity (Wildman–Crippen MR) is 93.8 cm³/mol. The summed E-state index contributed by atoms with van der Waals surface area (Å²) in [4.78, 5) is 24.2. The van der Waals surface area contributed by atoms with Gasteiger partial charge in [-0.1, -0.05) is 38.1 Å². The highest BCUT2D eigenvalue weighted by Gasteiger charge is 2.12. The topological polar surface area (TPSA) is 58.2 Å². The van der Waals surface area contributed by atoms with Gasteiger partial charge in [0.2, 0.25) is 5.91 Å². The third-order valence-corrected chi connectivity index (χ3v) is 3.64. The van der Waals surface area contributed by atoms with Gasteiger partial charge < -0.3 is 10.6 Å². The summed E-state index contributed by atoms with van der Waals surface area (Å²) >= 11 is 0. The van der Waals surface area contributed by atoms with Crippen LogP contribution in [0.15, 0.2) is 42.5 Å². The Bertz CT molecular complexity index is 716. The number of nitrogens with one attached hydrogen (secondary N) is 2. The molecule has 23 heavy (non-hydrogen) atoms. The summed E-state index contributed by atoms with van der Waals surface area (Å²) in [5, 5.41) is 5.75. The van der Waals surface area contributed by atoms with Crippen LogP contribution < -0.4 is 10.6 Å². The molecule has 2 amide bonds. The fraction of sp³-hybridized carbons (Fsp3) is 0.263. The van der Waals surface area contributed by atoms with Crippen molar-refractivity contribution in [3.8, 4) is 0 Å². The molecule has 0 heterocycles. The molecular weight excluding hydrogens is 288 g/mol. The van der Waals surface area contributed by atoms with Crippen molar-refractivity contribution >= 4 is 23.2 Å². The van der Waals surface area contributed by atoms with Gasteiger partial charge in [0, 0.05) is 22.9 Å². The first-order chi connectivity index (χ1) is 10.9. The summed E-state index contributed by atoms with van der Waals surface area (Å²) in [6.07, 6.45) is 0. The zero-order valence-corrected chi connectivity index (χ0v) is 13.9. The summed E-state index contributed by atoms with van der Waals surface area (Å²) in [7, 11) is 0. The van der Waals surface area contributed by atoms with Crippen LogP contribution in [0.2, 0.25) is 0 Å². The molecule has 0 bridgehead atoms. The van der Waals surface area contributed by atoms with Crippen molar-refractivity contribution in [2.45, 2.75) is 27.7 Å². The molecule has 0 aliphatic carbocycles. The van der Waals surface area contributed by atoms with E-state index in [9.17, 15) is 9.59 Å². The maximum atomic E-state index is 12.5. The van der Waals surface area contributed by atoms with E-state index in [1.165, 1.54) is 0 Å². The van der Waals surface area contributed by atoms with Crippen molar-refractivity contribution in [1.29, 1.82) is 0 Å². The lowest BCUT2D eigenvalue weighted by atomic mass is 10.1. The van der Waals surface area contributed by atoms with E-state index in [4.69, 9.17) is 0 Å². The van der Waals surface area contributed by atoms with Gasteiger partial charge in [-0.3, -0.25) is 9.59 Å². The highest BCUT2D eigenvalue weighted by molar-refractivity contribution is 6.06. The van der Waals surface area contributed by atoms with Crippen LogP contribution >= 0.6 is 0 Å². The standard InChI is InChI=1S/C19H22N2O2/c1-12(2)18(22)20-16-10-6-9-15(11-16)19(23)21-17-13(3)7-5-8-14(17)4/h5-12H,1-4H3,(H,20,22)(H,21,23). The summed E-state index contributed by atoms with van der Waals surface area (Å²) < 4.78 is 0. The van der Waals surface area contributed by atoms with Crippen LogP contribution in [-0.4, -0.2) is 11.8 Å². The second-order valence-electron chi connectivity index (χ2n) is 5.95. The van der Waals surface area contributed by atoms with Crippen LogP contribution in [0.5, 0.6) is 0 Å². The van der Waals surface area contributed by atoms with E-state index in [1.807, 2.05) is 45.9 Å². The molecule has 0 radical (unpaired) electrons. The smallest absolute Gasteiger partial charge is 0.255 e. The third kappa shape index (κ3) is 4.19. The number of amides is 2. The molecule has 120 valence electrons. The number of para-hydroxylation sites is 1. The quantitative estimate of drug-likeness (QED) is 0.891. The van der Waals surface area contributed by atoms with Crippen molar-refractivity contribution in [3.05, 3.63) is 59.2 Å². The van der Waals surface area contributed by atoms with Crippen LogP contribution in [0.25, 0.3) is 0 Å². The van der Waals surface area contributed by atoms with Crippen molar-refractivity contribution in [1.82, 2.24) is 0 Å². The molecule has 0 aliphatic rings. The highest BCUT2D eigenvalue weighted by Crippen LogP contribution is 2.21. The minimum absolute atomic E-state index is 0.0719. The van der Waals surface area contributed by atoms with Gasteiger partial charge in [0.25, 0.3) is 5.91 Å². The van der Waals surface area contributed by atoms with Crippen LogP contribution in [0, 0.1) is 19.8 Å². The summed E-state index contributed by atoms with van der Waals surface area (Å²) in [5.41, 5.74) is 3.99. The Kier molecular flexibility index (Phi) is 5.16. The first-order valence-electron chi connectivity index (χ1n) is 7.67. The normalized spacial score (nSPS) is 10.5. The molecule has 2 rings (SSSR count). The van der Waals surface area contributed by atoms with E-state index in [-0.39, 0.29) is 17.7 Å². The number of anilines is 2. The monoisotopic (exact) mass is 310 g/mol. The van der Waals surface area contributed by atoms with Gasteiger partial charge in [-0.2, -0.15) is 0 Å². The molecule has 0 saturated carbocycles. The van der Waals surface area contributed by atoms with Gasteiger partial charge in [-0.05, 0) is 43.2 Å². The summed E-state index contributed by atoms with van der Waals surface area (Å²) in [6.45, 7) is 7.57. The Morgan fingerprint density at radius 3 is 2.13 bits per heavy atom. The van der Waals surface area contributed by atoms with Gasteiger partial charge in [0.15, 0.2) is 0 Å². The van der Waals surface area contributed by atoms with Crippen molar-refractivity contribution in [2.24, 2.45) is 5.92 Å². The second-order valence-corrected chi connectivity index (χ2v) is 5.95. The summed E-state index contributed by atoms with van der Waals surface area (Å²) in [6, 6.07) is 12.8. The van der Waals surface area contributed by atoms with Crippen LogP contribution in [0.3, 0.4) is 0 Å². The minimum Gasteiger partial charge on any atom is -0.326 e. The molecule has 0 unspecified atom stereocenters. The maximum absolute atomic E-state index is 12.5. The molecule has 0 aliphatic heterocycles. The van der Waals surface area contributed by atoms with Crippen molar-refractivity contribution < 1.29 is 9.59 Å². The van der Waals surface area contributed by atoms with E-state index in [2.05, 4.69) is 10.6 Å². The lowest BCUT2D eigenvalue weighted by Gasteiger charge is -2.12. The minimum atomic E-state index is -0.192. The van der Waals surface area contributed by atoms with Gasteiger partial charge in [-0.25, -0.2) is 0 Å². The Hall–Kier alpha value is -2.62. The number of aryl methyl sites for hydroxylation is 2. The molecule has 2 aromatic carbocycles. The SMILES string of the molecule is Cc1cccc(C)c1NC(=O)c1cccc(NC(=O)C(C)C)c1. The number of hydrogen-bond donors (Lipinski definition) is 2. The lowest BCUT2D eigenvalue weighted by Crippen LogP contribution is -2.18. The van der Waals surface area contributed by atoms with E-state index < -0.39 is 0 Å². The number of rotatable bonds is 4. The van der Waals surface area contributed by atoms with Gasteiger partial charge in [0.1, 0.15) is 0 Å².